The maximum absolute atomic E-state index is 12.8. The van der Waals surface area contributed by atoms with Gasteiger partial charge in [-0.15, -0.1) is 0 Å². The largest absolute Gasteiger partial charge is 1.00 e. The molecule has 15 heteroatoms. The number of allylic oxidation sites excluding steroid dienone is 4. The number of ether oxygens (including phenoxy) is 1. The van der Waals surface area contributed by atoms with Gasteiger partial charge in [-0.1, -0.05) is 12.2 Å². The van der Waals surface area contributed by atoms with E-state index in [0.717, 1.165) is 17.1 Å². The zero-order valence-electron chi connectivity index (χ0n) is 21.0. The molecule has 38 heavy (non-hydrogen) atoms. The Hall–Kier alpha value is -1.78. The average Bonchev–Trinajstić information content (AvgIpc) is 3.31. The Labute approximate surface area is 264 Å². The fraction of sp³-hybridized carbons (Fsp3) is 0.130. The minimum Gasteiger partial charge on any atom is -0.744 e. The maximum atomic E-state index is 12.8. The number of hydrogen-bond donors (Lipinski definition) is 0. The molecule has 2 aromatic carbocycles. The Balaban J connectivity index is 0.00000253. The molecule has 0 fully saturated rings. The van der Waals surface area contributed by atoms with Crippen molar-refractivity contribution in [2.75, 3.05) is 16.5 Å². The van der Waals surface area contributed by atoms with Crippen LogP contribution >= 0.6 is 0 Å². The van der Waals surface area contributed by atoms with Gasteiger partial charge in [-0.25, -0.2) is 16.8 Å². The molecule has 0 bridgehead atoms. The van der Waals surface area contributed by atoms with Gasteiger partial charge in [0.15, 0.2) is 5.75 Å². The van der Waals surface area contributed by atoms with Crippen LogP contribution in [0.1, 0.15) is 13.8 Å². The molecule has 2 aromatic rings. The number of amides is 1. The fourth-order valence-electron chi connectivity index (χ4n) is 3.62. The van der Waals surface area contributed by atoms with Crippen molar-refractivity contribution in [2.45, 2.75) is 23.6 Å². The molecule has 11 nitrogen and oxygen atoms in total. The Kier molecular flexibility index (Phi) is 10.8. The second kappa shape index (κ2) is 12.6. The van der Waals surface area contributed by atoms with E-state index >= 15 is 0 Å². The molecule has 0 N–H and O–H groups in total. The Bertz CT molecular complexity index is 1580. The zero-order chi connectivity index (χ0) is 26.3. The van der Waals surface area contributed by atoms with Gasteiger partial charge in [0.25, 0.3) is 5.91 Å². The molecular weight excluding hydrogens is 556 g/mol. The fourth-order valence-corrected chi connectivity index (χ4v) is 4.58. The van der Waals surface area contributed by atoms with Crippen molar-refractivity contribution in [1.82, 2.24) is 0 Å². The van der Waals surface area contributed by atoms with Gasteiger partial charge in [0.2, 0.25) is 5.88 Å². The summed E-state index contributed by atoms with van der Waals surface area (Å²) in [4.78, 5) is 13.7. The van der Waals surface area contributed by atoms with Gasteiger partial charge in [0, 0.05) is 6.54 Å². The van der Waals surface area contributed by atoms with Gasteiger partial charge in [0.05, 0.1) is 32.5 Å². The van der Waals surface area contributed by atoms with Gasteiger partial charge >= 0.3 is 59.1 Å². The monoisotopic (exact) mass is 575 g/mol. The van der Waals surface area contributed by atoms with Crippen LogP contribution in [0, 0.1) is 0 Å². The molecule has 0 saturated carbocycles. The average molecular weight is 576 g/mol. The predicted octanol–water partition coefficient (Wildman–Crippen LogP) is -3.53. The first-order valence-electron chi connectivity index (χ1n) is 10.5. The van der Waals surface area contributed by atoms with Crippen molar-refractivity contribution >= 4 is 43.2 Å². The van der Waals surface area contributed by atoms with Crippen LogP contribution < -0.4 is 73.8 Å². The molecule has 2 aliphatic rings. The molecule has 0 unspecified atom stereocenters. The first-order chi connectivity index (χ1) is 16.9. The summed E-state index contributed by atoms with van der Waals surface area (Å²) < 4.78 is 73.1. The van der Waals surface area contributed by atoms with Gasteiger partial charge in [-0.3, -0.25) is 4.79 Å². The van der Waals surface area contributed by atoms with E-state index in [1.165, 1.54) is 30.3 Å². The number of hydrogen-bond acceptors (Lipinski definition) is 10. The van der Waals surface area contributed by atoms with Crippen molar-refractivity contribution in [2.24, 2.45) is 5.10 Å². The summed E-state index contributed by atoms with van der Waals surface area (Å²) in [7, 11) is -9.21. The number of fused-ring (bicyclic) bond motifs is 1. The molecule has 0 spiro atoms. The minimum atomic E-state index is -4.61. The van der Waals surface area contributed by atoms with Crippen LogP contribution in [0.5, 0.6) is 5.75 Å². The van der Waals surface area contributed by atoms with E-state index < -0.39 is 31.0 Å². The summed E-state index contributed by atoms with van der Waals surface area (Å²) in [5.74, 6) is 0.372. The number of benzene rings is 2. The SMILES string of the molecule is CCN1C(=CC=CC=C2C(=O)N(c3ccc(S(=O)(=O)[O-])cc3)N=C2C)Oc2ccc(S(=O)(=O)[O-])cc21.[Na+].[Na+]. The Morgan fingerprint density at radius 1 is 0.921 bits per heavy atom. The van der Waals surface area contributed by atoms with Crippen molar-refractivity contribution < 1.29 is 94.6 Å². The third kappa shape index (κ3) is 6.86. The molecular formula is C23H19N3Na2O8S2. The molecule has 0 saturated heterocycles. The summed E-state index contributed by atoms with van der Waals surface area (Å²) in [6.07, 6.45) is 6.40. The molecule has 188 valence electrons. The number of hydrazone groups is 1. The number of carbonyl (C=O) groups excluding carboxylic acids is 1. The van der Waals surface area contributed by atoms with E-state index in [0.29, 0.717) is 40.8 Å². The van der Waals surface area contributed by atoms with E-state index in [2.05, 4.69) is 5.10 Å². The Morgan fingerprint density at radius 2 is 1.50 bits per heavy atom. The van der Waals surface area contributed by atoms with Crippen LogP contribution in [0.2, 0.25) is 0 Å². The molecule has 0 atom stereocenters. The molecule has 0 radical (unpaired) electrons. The van der Waals surface area contributed by atoms with Crippen molar-refractivity contribution in [1.29, 1.82) is 0 Å². The summed E-state index contributed by atoms with van der Waals surface area (Å²) in [5.41, 5.74) is 1.49. The topological polar surface area (TPSA) is 160 Å². The van der Waals surface area contributed by atoms with Crippen molar-refractivity contribution in [3.8, 4) is 5.75 Å². The van der Waals surface area contributed by atoms with Gasteiger partial charge in [-0.05, 0) is 68.5 Å². The van der Waals surface area contributed by atoms with Gasteiger partial charge in [-0.2, -0.15) is 10.1 Å². The molecule has 1 amide bonds. The number of rotatable bonds is 6. The molecule has 2 aliphatic heterocycles. The molecule has 0 aliphatic carbocycles. The number of anilines is 2. The third-order valence-corrected chi connectivity index (χ3v) is 7.03. The van der Waals surface area contributed by atoms with Crippen LogP contribution in [0.15, 0.2) is 93.1 Å². The maximum Gasteiger partial charge on any atom is 1.00 e. The molecule has 0 aromatic heterocycles. The quantitative estimate of drug-likeness (QED) is 0.193. The smallest absolute Gasteiger partial charge is 0.744 e. The minimum absolute atomic E-state index is 0. The number of carbonyl (C=O) groups is 1. The first kappa shape index (κ1) is 32.4. The van der Waals surface area contributed by atoms with Crippen LogP contribution in [0.25, 0.3) is 0 Å². The van der Waals surface area contributed by atoms with E-state index in [-0.39, 0.29) is 64.0 Å². The van der Waals surface area contributed by atoms with E-state index in [1.807, 2.05) is 6.92 Å². The molecule has 2 heterocycles. The standard InChI is InChI=1S/C23H21N3O8S2.2Na/c1-3-25-20-14-18(36(31,32)33)12-13-21(20)34-22(25)7-5-4-6-19-15(2)24-26(23(19)27)16-8-10-17(11-9-16)35(28,29)30;;/h4-14H,3H2,1-2H3,(H,28,29,30)(H,31,32,33);;/q;2*+1/p-2. The van der Waals surface area contributed by atoms with Crippen LogP contribution in [-0.2, 0) is 25.0 Å². The second-order valence-corrected chi connectivity index (χ2v) is 10.4. The number of nitrogens with zero attached hydrogens (tertiary/aromatic N) is 3. The summed E-state index contributed by atoms with van der Waals surface area (Å²) in [6, 6.07) is 8.72. The second-order valence-electron chi connectivity index (χ2n) is 7.65. The van der Waals surface area contributed by atoms with Crippen LogP contribution in [0.4, 0.5) is 11.4 Å². The van der Waals surface area contributed by atoms with Crippen LogP contribution in [-0.4, -0.2) is 44.1 Å². The first-order valence-corrected chi connectivity index (χ1v) is 13.3. The van der Waals surface area contributed by atoms with E-state index in [4.69, 9.17) is 4.74 Å². The van der Waals surface area contributed by atoms with Crippen LogP contribution in [0.3, 0.4) is 0 Å². The summed E-state index contributed by atoms with van der Waals surface area (Å²) >= 11 is 0. The summed E-state index contributed by atoms with van der Waals surface area (Å²) in [5, 5.41) is 5.30. The van der Waals surface area contributed by atoms with Gasteiger partial charge < -0.3 is 18.7 Å². The van der Waals surface area contributed by atoms with Gasteiger partial charge in [0.1, 0.15) is 20.2 Å². The summed E-state index contributed by atoms with van der Waals surface area (Å²) in [6.45, 7) is 3.92. The molecule has 4 rings (SSSR count). The zero-order valence-corrected chi connectivity index (χ0v) is 26.6. The third-order valence-electron chi connectivity index (χ3n) is 5.35. The van der Waals surface area contributed by atoms with Crippen molar-refractivity contribution in [3.63, 3.8) is 0 Å². The van der Waals surface area contributed by atoms with Crippen molar-refractivity contribution in [3.05, 3.63) is 78.2 Å². The normalized spacial score (nSPS) is 17.4. The Morgan fingerprint density at radius 3 is 2.08 bits per heavy atom. The predicted molar refractivity (Wildman–Crippen MR) is 128 cm³/mol. The van der Waals surface area contributed by atoms with E-state index in [9.17, 15) is 30.7 Å². The van der Waals surface area contributed by atoms with E-state index in [1.54, 1.807) is 36.1 Å².